The van der Waals surface area contributed by atoms with Crippen molar-refractivity contribution in [1.82, 2.24) is 0 Å². The van der Waals surface area contributed by atoms with Gasteiger partial charge in [0, 0.05) is 42.3 Å². The molecule has 2 aliphatic rings. The van der Waals surface area contributed by atoms with Gasteiger partial charge in [0.25, 0.3) is 0 Å². The van der Waals surface area contributed by atoms with Crippen LogP contribution in [0.5, 0.6) is 0 Å². The molecule has 1 aromatic rings. The molecule has 4 heteroatoms. The Balaban J connectivity index is 1.67. The van der Waals surface area contributed by atoms with Crippen molar-refractivity contribution in [2.75, 3.05) is 17.2 Å². The molecule has 0 radical (unpaired) electrons. The first kappa shape index (κ1) is 14.4. The maximum Gasteiger partial charge on any atom is 0.221 e. The van der Waals surface area contributed by atoms with Gasteiger partial charge in [-0.2, -0.15) is 0 Å². The molecule has 0 spiro atoms. The van der Waals surface area contributed by atoms with Crippen molar-refractivity contribution in [2.45, 2.75) is 45.8 Å². The molecular formula is C17H24N2O2. The fourth-order valence-corrected chi connectivity index (χ4v) is 3.85. The Morgan fingerprint density at radius 3 is 2.57 bits per heavy atom. The molecular weight excluding hydrogens is 264 g/mol. The predicted molar refractivity (Wildman–Crippen MR) is 84.4 cm³/mol. The molecule has 1 saturated heterocycles. The number of ether oxygens (including phenoxy) is 1. The van der Waals surface area contributed by atoms with Gasteiger partial charge in [-0.15, -0.1) is 0 Å². The number of hydrogen-bond acceptors (Lipinski definition) is 3. The summed E-state index contributed by atoms with van der Waals surface area (Å²) in [6, 6.07) is 8.38. The molecule has 3 atom stereocenters. The molecule has 4 nitrogen and oxygen atoms in total. The van der Waals surface area contributed by atoms with Crippen LogP contribution < -0.4 is 10.6 Å². The minimum absolute atomic E-state index is 0.0435. The molecule has 21 heavy (non-hydrogen) atoms. The number of carbonyl (C=O) groups is 1. The Bertz CT molecular complexity index is 524. The van der Waals surface area contributed by atoms with Gasteiger partial charge in [0.1, 0.15) is 0 Å². The van der Waals surface area contributed by atoms with E-state index < -0.39 is 0 Å². The summed E-state index contributed by atoms with van der Waals surface area (Å²) in [7, 11) is 0. The zero-order chi connectivity index (χ0) is 15.0. The Kier molecular flexibility index (Phi) is 3.66. The molecule has 1 aliphatic heterocycles. The van der Waals surface area contributed by atoms with E-state index in [1.165, 1.54) is 13.3 Å². The van der Waals surface area contributed by atoms with Crippen LogP contribution in [0.4, 0.5) is 11.4 Å². The summed E-state index contributed by atoms with van der Waals surface area (Å²) in [6.45, 7) is 6.99. The van der Waals surface area contributed by atoms with E-state index >= 15 is 0 Å². The van der Waals surface area contributed by atoms with Crippen molar-refractivity contribution in [1.29, 1.82) is 0 Å². The van der Waals surface area contributed by atoms with Crippen LogP contribution in [-0.4, -0.2) is 24.7 Å². The lowest BCUT2D eigenvalue weighted by atomic mass is 9.55. The molecule has 1 aromatic carbocycles. The number of nitrogens with one attached hydrogen (secondary N) is 2. The highest BCUT2D eigenvalue weighted by Gasteiger charge is 2.57. The van der Waals surface area contributed by atoms with Crippen LogP contribution >= 0.6 is 0 Å². The minimum Gasteiger partial charge on any atom is -0.381 e. The van der Waals surface area contributed by atoms with E-state index in [4.69, 9.17) is 4.74 Å². The summed E-state index contributed by atoms with van der Waals surface area (Å²) >= 11 is 0. The smallest absolute Gasteiger partial charge is 0.221 e. The zero-order valence-electron chi connectivity index (χ0n) is 13.0. The van der Waals surface area contributed by atoms with Crippen molar-refractivity contribution in [3.05, 3.63) is 24.3 Å². The van der Waals surface area contributed by atoms with Crippen LogP contribution in [0.3, 0.4) is 0 Å². The van der Waals surface area contributed by atoms with Crippen LogP contribution in [-0.2, 0) is 9.53 Å². The molecule has 1 amide bonds. The Hall–Kier alpha value is -1.55. The number of hydrogen-bond donors (Lipinski definition) is 2. The highest BCUT2D eigenvalue weighted by molar-refractivity contribution is 5.88. The standard InChI is InChI=1S/C17H24N2O2/c1-11(20)18-12-6-8-13(9-7-12)19-15-14-5-4-10-21-16(14)17(15,2)3/h6-9,14-16,19H,4-5,10H2,1-3H3,(H,18,20). The first-order chi connectivity index (χ1) is 9.98. The predicted octanol–water partition coefficient (Wildman–Crippen LogP) is 3.26. The lowest BCUT2D eigenvalue weighted by Gasteiger charge is -2.60. The number of anilines is 2. The summed E-state index contributed by atoms with van der Waals surface area (Å²) in [5, 5.41) is 6.44. The van der Waals surface area contributed by atoms with Crippen LogP contribution in [0.2, 0.25) is 0 Å². The summed E-state index contributed by atoms with van der Waals surface area (Å²) in [5.74, 6) is 0.571. The molecule has 2 N–H and O–H groups in total. The van der Waals surface area contributed by atoms with Gasteiger partial charge in [-0.25, -0.2) is 0 Å². The lowest BCUT2D eigenvalue weighted by Crippen LogP contribution is -2.67. The number of amides is 1. The quantitative estimate of drug-likeness (QED) is 0.897. The lowest BCUT2D eigenvalue weighted by molar-refractivity contribution is -0.177. The summed E-state index contributed by atoms with van der Waals surface area (Å²) in [5.41, 5.74) is 2.10. The van der Waals surface area contributed by atoms with Gasteiger partial charge < -0.3 is 15.4 Å². The Morgan fingerprint density at radius 1 is 1.24 bits per heavy atom. The van der Waals surface area contributed by atoms with Gasteiger partial charge in [-0.05, 0) is 37.1 Å². The maximum atomic E-state index is 11.0. The van der Waals surface area contributed by atoms with E-state index in [1.807, 2.05) is 24.3 Å². The molecule has 1 heterocycles. The van der Waals surface area contributed by atoms with Gasteiger partial charge in [0.15, 0.2) is 0 Å². The molecule has 1 aliphatic carbocycles. The monoisotopic (exact) mass is 288 g/mol. The first-order valence-electron chi connectivity index (χ1n) is 7.74. The third kappa shape index (κ3) is 2.64. The van der Waals surface area contributed by atoms with Gasteiger partial charge >= 0.3 is 0 Å². The number of benzene rings is 1. The average molecular weight is 288 g/mol. The van der Waals surface area contributed by atoms with Gasteiger partial charge in [-0.3, -0.25) is 4.79 Å². The van der Waals surface area contributed by atoms with Gasteiger partial charge in [0.2, 0.25) is 5.91 Å². The largest absolute Gasteiger partial charge is 0.381 e. The summed E-state index contributed by atoms with van der Waals surface area (Å²) < 4.78 is 5.94. The fraction of sp³-hybridized carbons (Fsp3) is 0.588. The van der Waals surface area contributed by atoms with Crippen LogP contribution in [0, 0.1) is 11.3 Å². The topological polar surface area (TPSA) is 50.4 Å². The third-order valence-corrected chi connectivity index (χ3v) is 4.86. The van der Waals surface area contributed by atoms with Crippen LogP contribution in [0.1, 0.15) is 33.6 Å². The third-order valence-electron chi connectivity index (χ3n) is 4.86. The van der Waals surface area contributed by atoms with Crippen molar-refractivity contribution in [2.24, 2.45) is 11.3 Å². The van der Waals surface area contributed by atoms with E-state index in [0.29, 0.717) is 18.1 Å². The molecule has 0 bridgehead atoms. The summed E-state index contributed by atoms with van der Waals surface area (Å²) in [4.78, 5) is 11.0. The second-order valence-electron chi connectivity index (χ2n) is 6.80. The minimum atomic E-state index is -0.0435. The average Bonchev–Trinajstić information content (AvgIpc) is 2.46. The normalized spacial score (nSPS) is 30.0. The van der Waals surface area contributed by atoms with Crippen LogP contribution in [0.15, 0.2) is 24.3 Å². The molecule has 1 saturated carbocycles. The second kappa shape index (κ2) is 5.34. The Labute approximate surface area is 126 Å². The summed E-state index contributed by atoms with van der Waals surface area (Å²) in [6.07, 6.45) is 2.80. The highest BCUT2D eigenvalue weighted by Crippen LogP contribution is 2.52. The highest BCUT2D eigenvalue weighted by atomic mass is 16.5. The Morgan fingerprint density at radius 2 is 1.90 bits per heavy atom. The van der Waals surface area contributed by atoms with Crippen molar-refractivity contribution >= 4 is 17.3 Å². The fourth-order valence-electron chi connectivity index (χ4n) is 3.85. The SMILES string of the molecule is CC(=O)Nc1ccc(NC2C3CCCOC3C2(C)C)cc1. The van der Waals surface area contributed by atoms with E-state index in [2.05, 4.69) is 24.5 Å². The molecule has 114 valence electrons. The molecule has 0 aromatic heterocycles. The van der Waals surface area contributed by atoms with Gasteiger partial charge in [-0.1, -0.05) is 13.8 Å². The van der Waals surface area contributed by atoms with Crippen molar-refractivity contribution < 1.29 is 9.53 Å². The number of rotatable bonds is 3. The van der Waals surface area contributed by atoms with Gasteiger partial charge in [0.05, 0.1) is 6.10 Å². The number of carbonyl (C=O) groups excluding carboxylic acids is 1. The molecule has 2 fully saturated rings. The van der Waals surface area contributed by atoms with Crippen LogP contribution in [0.25, 0.3) is 0 Å². The zero-order valence-corrected chi connectivity index (χ0v) is 13.0. The van der Waals surface area contributed by atoms with E-state index in [0.717, 1.165) is 24.4 Å². The van der Waals surface area contributed by atoms with Crippen molar-refractivity contribution in [3.8, 4) is 0 Å². The molecule has 3 rings (SSSR count). The van der Waals surface area contributed by atoms with E-state index in [-0.39, 0.29) is 11.3 Å². The number of fused-ring (bicyclic) bond motifs is 1. The maximum absolute atomic E-state index is 11.0. The van der Waals surface area contributed by atoms with E-state index in [9.17, 15) is 4.79 Å². The first-order valence-corrected chi connectivity index (χ1v) is 7.74. The van der Waals surface area contributed by atoms with E-state index in [1.54, 1.807) is 0 Å². The second-order valence-corrected chi connectivity index (χ2v) is 6.80. The molecule has 3 unspecified atom stereocenters. The van der Waals surface area contributed by atoms with Crippen molar-refractivity contribution in [3.63, 3.8) is 0 Å².